The maximum absolute atomic E-state index is 12.7. The summed E-state index contributed by atoms with van der Waals surface area (Å²) < 4.78 is 0. The highest BCUT2D eigenvalue weighted by atomic mass is 16.1. The summed E-state index contributed by atoms with van der Waals surface area (Å²) in [4.78, 5) is 34.2. The van der Waals surface area contributed by atoms with Crippen LogP contribution in [0, 0.1) is 5.92 Å². The summed E-state index contributed by atoms with van der Waals surface area (Å²) in [5, 5.41) is 1.97. The normalized spacial score (nSPS) is 12.2. The van der Waals surface area contributed by atoms with Gasteiger partial charge in [0.2, 0.25) is 0 Å². The van der Waals surface area contributed by atoms with Gasteiger partial charge in [-0.2, -0.15) is 0 Å². The number of pyridine rings is 2. The van der Waals surface area contributed by atoms with E-state index in [0.29, 0.717) is 11.4 Å². The fourth-order valence-electron chi connectivity index (χ4n) is 3.15. The Morgan fingerprint density at radius 3 is 1.89 bits per heavy atom. The van der Waals surface area contributed by atoms with Crippen molar-refractivity contribution in [2.75, 3.05) is 0 Å². The first kappa shape index (κ1) is 17.0. The second kappa shape index (κ2) is 7.08. The van der Waals surface area contributed by atoms with E-state index in [1.807, 2.05) is 60.7 Å². The number of ketones is 2. The molecule has 1 unspecified atom stereocenters. The minimum Gasteiger partial charge on any atom is -0.292 e. The van der Waals surface area contributed by atoms with E-state index in [2.05, 4.69) is 9.97 Å². The smallest absolute Gasteiger partial charge is 0.184 e. The minimum absolute atomic E-state index is 0.110. The van der Waals surface area contributed by atoms with Gasteiger partial charge in [-0.05, 0) is 24.3 Å². The zero-order valence-corrected chi connectivity index (χ0v) is 14.9. The summed E-state index contributed by atoms with van der Waals surface area (Å²) in [6, 6.07) is 22.5. The quantitative estimate of drug-likeness (QED) is 0.480. The highest BCUT2D eigenvalue weighted by molar-refractivity contribution is 6.03. The molecule has 0 fully saturated rings. The van der Waals surface area contributed by atoms with Crippen LogP contribution in [0.5, 0.6) is 0 Å². The Kier molecular flexibility index (Phi) is 4.47. The van der Waals surface area contributed by atoms with Crippen LogP contribution >= 0.6 is 0 Å². The van der Waals surface area contributed by atoms with Crippen molar-refractivity contribution in [3.05, 3.63) is 84.2 Å². The molecule has 27 heavy (non-hydrogen) atoms. The molecule has 0 radical (unpaired) electrons. The molecule has 4 heteroatoms. The van der Waals surface area contributed by atoms with E-state index >= 15 is 0 Å². The van der Waals surface area contributed by atoms with E-state index < -0.39 is 5.92 Å². The van der Waals surface area contributed by atoms with Crippen LogP contribution in [0.1, 0.15) is 34.3 Å². The highest BCUT2D eigenvalue weighted by Crippen LogP contribution is 2.18. The van der Waals surface area contributed by atoms with E-state index in [1.165, 1.54) is 0 Å². The predicted molar refractivity (Wildman–Crippen MR) is 106 cm³/mol. The first-order valence-corrected chi connectivity index (χ1v) is 8.91. The van der Waals surface area contributed by atoms with Crippen molar-refractivity contribution in [3.8, 4) is 0 Å². The van der Waals surface area contributed by atoms with Gasteiger partial charge in [-0.3, -0.25) is 9.59 Å². The molecule has 4 rings (SSSR count). The van der Waals surface area contributed by atoms with E-state index in [0.717, 1.165) is 21.8 Å². The number of para-hydroxylation sites is 2. The van der Waals surface area contributed by atoms with Crippen molar-refractivity contribution in [3.63, 3.8) is 0 Å². The molecule has 4 aromatic rings. The van der Waals surface area contributed by atoms with Gasteiger partial charge in [-0.25, -0.2) is 9.97 Å². The lowest BCUT2D eigenvalue weighted by atomic mass is 9.95. The van der Waals surface area contributed by atoms with Gasteiger partial charge in [0.15, 0.2) is 11.6 Å². The van der Waals surface area contributed by atoms with Crippen LogP contribution < -0.4 is 0 Å². The third-order valence-corrected chi connectivity index (χ3v) is 4.67. The summed E-state index contributed by atoms with van der Waals surface area (Å²) in [6.07, 6.45) is 0.110. The lowest BCUT2D eigenvalue weighted by Crippen LogP contribution is -2.17. The van der Waals surface area contributed by atoms with E-state index in [4.69, 9.17) is 0 Å². The summed E-state index contributed by atoms with van der Waals surface area (Å²) in [5.41, 5.74) is 2.33. The zero-order valence-electron chi connectivity index (χ0n) is 14.9. The molecular weight excluding hydrogens is 336 g/mol. The SMILES string of the molecule is CC(CC(=O)c1ccc2ccccc2n1)C(=O)c1ccc2ccccc2n1. The van der Waals surface area contributed by atoms with Crippen LogP contribution in [-0.2, 0) is 0 Å². The van der Waals surface area contributed by atoms with Crippen molar-refractivity contribution >= 4 is 33.4 Å². The van der Waals surface area contributed by atoms with Crippen molar-refractivity contribution in [2.24, 2.45) is 5.92 Å². The van der Waals surface area contributed by atoms with Gasteiger partial charge >= 0.3 is 0 Å². The van der Waals surface area contributed by atoms with Crippen LogP contribution in [0.15, 0.2) is 72.8 Å². The topological polar surface area (TPSA) is 59.9 Å². The summed E-state index contributed by atoms with van der Waals surface area (Å²) >= 11 is 0. The summed E-state index contributed by atoms with van der Waals surface area (Å²) in [5.74, 6) is -0.725. The summed E-state index contributed by atoms with van der Waals surface area (Å²) in [7, 11) is 0. The fraction of sp³-hybridized carbons (Fsp3) is 0.130. The monoisotopic (exact) mass is 354 g/mol. The number of carbonyl (C=O) groups is 2. The van der Waals surface area contributed by atoms with E-state index in [9.17, 15) is 9.59 Å². The van der Waals surface area contributed by atoms with Gasteiger partial charge in [0.25, 0.3) is 0 Å². The van der Waals surface area contributed by atoms with Crippen LogP contribution in [0.25, 0.3) is 21.8 Å². The third kappa shape index (κ3) is 3.47. The van der Waals surface area contributed by atoms with Gasteiger partial charge in [0, 0.05) is 23.1 Å². The minimum atomic E-state index is -0.459. The molecule has 4 nitrogen and oxygen atoms in total. The Morgan fingerprint density at radius 2 is 1.26 bits per heavy atom. The Labute approximate surface area is 156 Å². The number of hydrogen-bond acceptors (Lipinski definition) is 4. The molecule has 0 saturated carbocycles. The van der Waals surface area contributed by atoms with Crippen molar-refractivity contribution < 1.29 is 9.59 Å². The molecular formula is C23H18N2O2. The number of hydrogen-bond donors (Lipinski definition) is 0. The number of fused-ring (bicyclic) bond motifs is 2. The number of aromatic nitrogens is 2. The third-order valence-electron chi connectivity index (χ3n) is 4.67. The zero-order chi connectivity index (χ0) is 18.8. The summed E-state index contributed by atoms with van der Waals surface area (Å²) in [6.45, 7) is 1.76. The molecule has 0 saturated heterocycles. The van der Waals surface area contributed by atoms with Gasteiger partial charge in [-0.15, -0.1) is 0 Å². The van der Waals surface area contributed by atoms with Crippen molar-refractivity contribution in [1.29, 1.82) is 0 Å². The van der Waals surface area contributed by atoms with Crippen molar-refractivity contribution in [1.82, 2.24) is 9.97 Å². The fourth-order valence-corrected chi connectivity index (χ4v) is 3.15. The number of carbonyl (C=O) groups excluding carboxylic acids is 2. The van der Waals surface area contributed by atoms with Crippen LogP contribution in [0.3, 0.4) is 0 Å². The molecule has 0 aliphatic heterocycles. The number of Topliss-reactive ketones (excluding diaryl/α,β-unsaturated/α-hetero) is 2. The average molecular weight is 354 g/mol. The van der Waals surface area contributed by atoms with Gasteiger partial charge < -0.3 is 0 Å². The first-order chi connectivity index (χ1) is 13.1. The lowest BCUT2D eigenvalue weighted by Gasteiger charge is -2.10. The van der Waals surface area contributed by atoms with Gasteiger partial charge in [0.1, 0.15) is 11.4 Å². The maximum Gasteiger partial charge on any atom is 0.184 e. The number of rotatable bonds is 5. The standard InChI is InChI=1S/C23H18N2O2/c1-15(23(27)21-13-11-17-7-3-5-9-19(17)25-21)14-22(26)20-12-10-16-6-2-4-8-18(16)24-20/h2-13,15H,14H2,1H3. The molecule has 0 N–H and O–H groups in total. The predicted octanol–water partition coefficient (Wildman–Crippen LogP) is 4.87. The van der Waals surface area contributed by atoms with Gasteiger partial charge in [0.05, 0.1) is 11.0 Å². The molecule has 0 aliphatic carbocycles. The Hall–Kier alpha value is -3.40. The largest absolute Gasteiger partial charge is 0.292 e. The Balaban J connectivity index is 1.53. The molecule has 2 aromatic carbocycles. The molecule has 0 amide bonds. The highest BCUT2D eigenvalue weighted by Gasteiger charge is 2.21. The van der Waals surface area contributed by atoms with E-state index in [1.54, 1.807) is 19.1 Å². The second-order valence-corrected chi connectivity index (χ2v) is 6.67. The van der Waals surface area contributed by atoms with Crippen LogP contribution in [0.2, 0.25) is 0 Å². The van der Waals surface area contributed by atoms with E-state index in [-0.39, 0.29) is 18.0 Å². The Morgan fingerprint density at radius 1 is 0.741 bits per heavy atom. The van der Waals surface area contributed by atoms with Crippen LogP contribution in [-0.4, -0.2) is 21.5 Å². The molecule has 0 spiro atoms. The molecule has 0 aliphatic rings. The average Bonchev–Trinajstić information content (AvgIpc) is 2.72. The van der Waals surface area contributed by atoms with Crippen molar-refractivity contribution in [2.45, 2.75) is 13.3 Å². The number of benzene rings is 2. The Bertz CT molecular complexity index is 1170. The molecule has 2 heterocycles. The maximum atomic E-state index is 12.7. The molecule has 0 bridgehead atoms. The van der Waals surface area contributed by atoms with Gasteiger partial charge in [-0.1, -0.05) is 55.5 Å². The molecule has 132 valence electrons. The molecule has 1 atom stereocenters. The molecule has 2 aromatic heterocycles. The van der Waals surface area contributed by atoms with Crippen LogP contribution in [0.4, 0.5) is 0 Å². The second-order valence-electron chi connectivity index (χ2n) is 6.67. The number of nitrogens with zero attached hydrogens (tertiary/aromatic N) is 2. The first-order valence-electron chi connectivity index (χ1n) is 8.91. The lowest BCUT2D eigenvalue weighted by molar-refractivity contribution is 0.0858.